The van der Waals surface area contributed by atoms with Crippen molar-refractivity contribution >= 4 is 34.7 Å². The maximum absolute atomic E-state index is 11.4. The number of ketones is 1. The van der Waals surface area contributed by atoms with Gasteiger partial charge >= 0.3 is 0 Å². The lowest BCUT2D eigenvalue weighted by molar-refractivity contribution is 0.102. The first-order chi connectivity index (χ1) is 7.58. The minimum atomic E-state index is 0. The third-order valence-corrected chi connectivity index (χ3v) is 4.20. The highest BCUT2D eigenvalue weighted by Gasteiger charge is 2.19. The average Bonchev–Trinajstić information content (AvgIpc) is 2.61. The molecule has 4 nitrogen and oxygen atoms in total. The number of hydrogen-bond donors (Lipinski definition) is 0. The van der Waals surface area contributed by atoms with Gasteiger partial charge in [0, 0.05) is 33.1 Å². The summed E-state index contributed by atoms with van der Waals surface area (Å²) in [6.07, 6.45) is 0. The summed E-state index contributed by atoms with van der Waals surface area (Å²) in [7, 11) is 2.13. The molecule has 0 radical (unpaired) electrons. The van der Waals surface area contributed by atoms with Gasteiger partial charge in [-0.3, -0.25) is 4.79 Å². The first-order valence-corrected chi connectivity index (χ1v) is 6.31. The molecule has 96 valence electrons. The summed E-state index contributed by atoms with van der Waals surface area (Å²) in [6, 6.07) is 0. The molecule has 0 amide bonds. The van der Waals surface area contributed by atoms with Crippen molar-refractivity contribution in [3.05, 3.63) is 10.6 Å². The molecule has 1 aromatic heterocycles. The molecule has 0 aromatic carbocycles. The number of hydrogen-bond acceptors (Lipinski definition) is 5. The van der Waals surface area contributed by atoms with E-state index in [1.54, 1.807) is 6.92 Å². The summed E-state index contributed by atoms with van der Waals surface area (Å²) in [5, 5.41) is 0.996. The van der Waals surface area contributed by atoms with Gasteiger partial charge in [0.25, 0.3) is 0 Å². The third-order valence-electron chi connectivity index (χ3n) is 2.88. The maximum Gasteiger partial charge on any atom is 0.186 e. The lowest BCUT2D eigenvalue weighted by Gasteiger charge is -2.32. The highest BCUT2D eigenvalue weighted by Crippen LogP contribution is 2.26. The molecule has 0 aliphatic carbocycles. The Kier molecular flexibility index (Phi) is 4.91. The Morgan fingerprint density at radius 1 is 1.29 bits per heavy atom. The Morgan fingerprint density at radius 3 is 2.35 bits per heavy atom. The molecule has 0 N–H and O–H groups in total. The van der Waals surface area contributed by atoms with Gasteiger partial charge in [-0.25, -0.2) is 4.98 Å². The average molecular weight is 276 g/mol. The van der Waals surface area contributed by atoms with Crippen LogP contribution in [0.1, 0.15) is 22.3 Å². The number of anilines is 1. The standard InChI is InChI=1S/C11H17N3OS.ClH/c1-8-10(9(2)15)16-11(12-8)14-6-4-13(3)5-7-14;/h4-7H2,1-3H3;1H. The van der Waals surface area contributed by atoms with Gasteiger partial charge in [-0.1, -0.05) is 11.3 Å². The van der Waals surface area contributed by atoms with Crippen LogP contribution in [-0.4, -0.2) is 48.9 Å². The minimum absolute atomic E-state index is 0. The number of aromatic nitrogens is 1. The number of likely N-dealkylation sites (N-methyl/N-ethyl adjacent to an activating group) is 1. The van der Waals surface area contributed by atoms with E-state index in [4.69, 9.17) is 0 Å². The fourth-order valence-electron chi connectivity index (χ4n) is 1.84. The Labute approximate surface area is 112 Å². The van der Waals surface area contributed by atoms with Crippen LogP contribution in [0, 0.1) is 6.92 Å². The van der Waals surface area contributed by atoms with E-state index >= 15 is 0 Å². The van der Waals surface area contributed by atoms with Crippen LogP contribution < -0.4 is 4.90 Å². The Hall–Kier alpha value is -0.650. The van der Waals surface area contributed by atoms with Gasteiger partial charge in [0.15, 0.2) is 10.9 Å². The van der Waals surface area contributed by atoms with Crippen molar-refractivity contribution < 1.29 is 4.79 Å². The van der Waals surface area contributed by atoms with Crippen LogP contribution in [-0.2, 0) is 0 Å². The topological polar surface area (TPSA) is 36.4 Å². The molecule has 17 heavy (non-hydrogen) atoms. The van der Waals surface area contributed by atoms with Crippen LogP contribution in [0.25, 0.3) is 0 Å². The number of thiazole rings is 1. The van der Waals surface area contributed by atoms with E-state index in [1.807, 2.05) is 6.92 Å². The highest BCUT2D eigenvalue weighted by atomic mass is 35.5. The smallest absolute Gasteiger partial charge is 0.186 e. The molecular formula is C11H18ClN3OS. The molecule has 1 aromatic rings. The van der Waals surface area contributed by atoms with Gasteiger partial charge in [-0.05, 0) is 14.0 Å². The number of nitrogens with zero attached hydrogens (tertiary/aromatic N) is 3. The molecule has 1 fully saturated rings. The molecule has 0 bridgehead atoms. The van der Waals surface area contributed by atoms with Crippen LogP contribution in [0.2, 0.25) is 0 Å². The summed E-state index contributed by atoms with van der Waals surface area (Å²) in [6.45, 7) is 7.64. The van der Waals surface area contributed by atoms with Gasteiger partial charge in [-0.2, -0.15) is 0 Å². The van der Waals surface area contributed by atoms with E-state index in [1.165, 1.54) is 11.3 Å². The number of rotatable bonds is 2. The number of carbonyl (C=O) groups excluding carboxylic acids is 1. The summed E-state index contributed by atoms with van der Waals surface area (Å²) >= 11 is 1.52. The van der Waals surface area contributed by atoms with Crippen molar-refractivity contribution in [2.75, 3.05) is 38.1 Å². The minimum Gasteiger partial charge on any atom is -0.346 e. The van der Waals surface area contributed by atoms with Gasteiger partial charge in [0.1, 0.15) is 0 Å². The zero-order chi connectivity index (χ0) is 11.7. The second-order valence-corrected chi connectivity index (χ2v) is 5.24. The van der Waals surface area contributed by atoms with Crippen LogP contribution in [0.15, 0.2) is 0 Å². The van der Waals surface area contributed by atoms with Crippen molar-refractivity contribution in [1.82, 2.24) is 9.88 Å². The van der Waals surface area contributed by atoms with E-state index < -0.39 is 0 Å². The van der Waals surface area contributed by atoms with Crippen molar-refractivity contribution in [1.29, 1.82) is 0 Å². The van der Waals surface area contributed by atoms with Crippen LogP contribution in [0.4, 0.5) is 5.13 Å². The fourth-order valence-corrected chi connectivity index (χ4v) is 2.86. The van der Waals surface area contributed by atoms with E-state index in [0.29, 0.717) is 0 Å². The van der Waals surface area contributed by atoms with Gasteiger partial charge in [0.2, 0.25) is 0 Å². The van der Waals surface area contributed by atoms with E-state index in [9.17, 15) is 4.79 Å². The van der Waals surface area contributed by atoms with Gasteiger partial charge in [0.05, 0.1) is 10.6 Å². The molecule has 0 atom stereocenters. The highest BCUT2D eigenvalue weighted by molar-refractivity contribution is 7.17. The number of Topliss-reactive ketones (excluding diaryl/α,β-unsaturated/α-hetero) is 1. The van der Waals surface area contributed by atoms with Crippen molar-refractivity contribution in [3.63, 3.8) is 0 Å². The molecule has 1 saturated heterocycles. The number of aryl methyl sites for hydroxylation is 1. The zero-order valence-electron chi connectivity index (χ0n) is 10.4. The normalized spacial score (nSPS) is 16.8. The molecule has 2 heterocycles. The lowest BCUT2D eigenvalue weighted by Crippen LogP contribution is -2.44. The van der Waals surface area contributed by atoms with Crippen LogP contribution >= 0.6 is 23.7 Å². The van der Waals surface area contributed by atoms with Crippen molar-refractivity contribution in [3.8, 4) is 0 Å². The summed E-state index contributed by atoms with van der Waals surface area (Å²) < 4.78 is 0. The molecule has 6 heteroatoms. The number of halogens is 1. The molecule has 2 rings (SSSR count). The Balaban J connectivity index is 0.00000144. The first-order valence-electron chi connectivity index (χ1n) is 5.50. The molecule has 0 spiro atoms. The molecule has 1 aliphatic heterocycles. The Morgan fingerprint density at radius 2 is 1.88 bits per heavy atom. The van der Waals surface area contributed by atoms with E-state index in [-0.39, 0.29) is 18.2 Å². The number of carbonyl (C=O) groups is 1. The fraction of sp³-hybridized carbons (Fsp3) is 0.636. The summed E-state index contributed by atoms with van der Waals surface area (Å²) in [5.74, 6) is 0.121. The lowest BCUT2D eigenvalue weighted by atomic mass is 10.3. The SMILES string of the molecule is CC(=O)c1sc(N2CCN(C)CC2)nc1C.Cl. The maximum atomic E-state index is 11.4. The molecular weight excluding hydrogens is 258 g/mol. The Bertz CT molecular complexity index is 399. The van der Waals surface area contributed by atoms with Crippen LogP contribution in [0.3, 0.4) is 0 Å². The zero-order valence-corrected chi connectivity index (χ0v) is 12.0. The van der Waals surface area contributed by atoms with Crippen molar-refractivity contribution in [2.24, 2.45) is 0 Å². The third kappa shape index (κ3) is 3.18. The predicted octanol–water partition coefficient (Wildman–Crippen LogP) is 1.83. The molecule has 1 aliphatic rings. The number of piperazine rings is 1. The molecule has 0 unspecified atom stereocenters. The quantitative estimate of drug-likeness (QED) is 0.772. The predicted molar refractivity (Wildman–Crippen MR) is 73.8 cm³/mol. The largest absolute Gasteiger partial charge is 0.346 e. The monoisotopic (exact) mass is 275 g/mol. The van der Waals surface area contributed by atoms with Crippen LogP contribution in [0.5, 0.6) is 0 Å². The van der Waals surface area contributed by atoms with Gasteiger partial charge in [-0.15, -0.1) is 12.4 Å². The van der Waals surface area contributed by atoms with E-state index in [0.717, 1.165) is 41.9 Å². The second kappa shape index (κ2) is 5.80. The molecule has 0 saturated carbocycles. The van der Waals surface area contributed by atoms with Crippen molar-refractivity contribution in [2.45, 2.75) is 13.8 Å². The summed E-state index contributed by atoms with van der Waals surface area (Å²) in [4.78, 5) is 21.2. The van der Waals surface area contributed by atoms with E-state index in [2.05, 4.69) is 21.8 Å². The second-order valence-electron chi connectivity index (χ2n) is 4.26. The first kappa shape index (κ1) is 14.4. The summed E-state index contributed by atoms with van der Waals surface area (Å²) in [5.41, 5.74) is 0.867. The van der Waals surface area contributed by atoms with Gasteiger partial charge < -0.3 is 9.80 Å².